The van der Waals surface area contributed by atoms with Crippen LogP contribution in [-0.4, -0.2) is 55.2 Å². The van der Waals surface area contributed by atoms with Crippen LogP contribution in [0, 0.1) is 0 Å². The molecule has 1 aliphatic heterocycles. The van der Waals surface area contributed by atoms with E-state index >= 15 is 0 Å². The Morgan fingerprint density at radius 1 is 1.47 bits per heavy atom. The summed E-state index contributed by atoms with van der Waals surface area (Å²) >= 11 is 0. The van der Waals surface area contributed by atoms with Crippen LogP contribution in [0.25, 0.3) is 0 Å². The zero-order chi connectivity index (χ0) is 12.9. The first-order valence-corrected chi connectivity index (χ1v) is 6.28. The second-order valence-electron chi connectivity index (χ2n) is 5.42. The Labute approximate surface area is 128 Å². The van der Waals surface area contributed by atoms with Crippen molar-refractivity contribution in [2.45, 2.75) is 38.8 Å². The number of nitrogens with zero attached hydrogens (tertiary/aromatic N) is 1. The molecule has 0 aromatic carbocycles. The first-order valence-electron chi connectivity index (χ1n) is 6.28. The van der Waals surface area contributed by atoms with Gasteiger partial charge in [0.2, 0.25) is 5.91 Å². The number of hydrogen-bond donors (Lipinski definition) is 2. The number of morpholine rings is 1. The van der Waals surface area contributed by atoms with Gasteiger partial charge in [0.25, 0.3) is 0 Å². The summed E-state index contributed by atoms with van der Waals surface area (Å²) in [5.74, 6) is 0.0347. The van der Waals surface area contributed by atoms with E-state index in [1.54, 1.807) is 0 Å². The molecule has 1 atom stereocenters. The highest BCUT2D eigenvalue weighted by atomic mass is 35.5. The molecular weight excluding hydrogens is 289 g/mol. The molecule has 1 saturated heterocycles. The fourth-order valence-corrected chi connectivity index (χ4v) is 2.02. The number of ether oxygens (including phenoxy) is 1. The molecule has 7 heteroatoms. The smallest absolute Gasteiger partial charge is 0.221 e. The average Bonchev–Trinajstić information content (AvgIpc) is 2.14. The van der Waals surface area contributed by atoms with Gasteiger partial charge in [-0.05, 0) is 20.8 Å². The largest absolute Gasteiger partial charge is 0.373 e. The molecule has 0 aliphatic carbocycles. The molecule has 0 radical (unpaired) electrons. The molecule has 0 aromatic heterocycles. The molecule has 1 heterocycles. The Bertz CT molecular complexity index is 263. The highest BCUT2D eigenvalue weighted by Crippen LogP contribution is 2.15. The second kappa shape index (κ2) is 9.77. The van der Waals surface area contributed by atoms with Crippen LogP contribution in [0.1, 0.15) is 27.2 Å². The molecular formula is C12H27Cl2N3O2. The topological polar surface area (TPSA) is 67.6 Å². The van der Waals surface area contributed by atoms with Gasteiger partial charge in [-0.3, -0.25) is 9.69 Å². The van der Waals surface area contributed by atoms with Crippen molar-refractivity contribution in [2.75, 3.05) is 32.8 Å². The molecule has 19 heavy (non-hydrogen) atoms. The number of rotatable bonds is 5. The van der Waals surface area contributed by atoms with E-state index < -0.39 is 0 Å². The number of carbonyl (C=O) groups excluding carboxylic acids is 1. The van der Waals surface area contributed by atoms with Crippen LogP contribution in [0.5, 0.6) is 0 Å². The molecule has 1 aliphatic rings. The molecule has 116 valence electrons. The molecule has 0 saturated carbocycles. The molecule has 1 rings (SSSR count). The molecule has 0 bridgehead atoms. The third-order valence-corrected chi connectivity index (χ3v) is 2.76. The van der Waals surface area contributed by atoms with E-state index in [0.717, 1.165) is 26.2 Å². The molecule has 0 aromatic rings. The molecule has 1 fully saturated rings. The Morgan fingerprint density at radius 3 is 2.63 bits per heavy atom. The number of halogens is 2. The van der Waals surface area contributed by atoms with Crippen LogP contribution in [-0.2, 0) is 9.53 Å². The third-order valence-electron chi connectivity index (χ3n) is 2.76. The van der Waals surface area contributed by atoms with Crippen LogP contribution in [0.15, 0.2) is 0 Å². The van der Waals surface area contributed by atoms with Crippen molar-refractivity contribution in [1.82, 2.24) is 10.2 Å². The van der Waals surface area contributed by atoms with Crippen molar-refractivity contribution >= 4 is 30.7 Å². The van der Waals surface area contributed by atoms with Crippen LogP contribution in [0.4, 0.5) is 0 Å². The van der Waals surface area contributed by atoms with Crippen molar-refractivity contribution in [2.24, 2.45) is 5.73 Å². The first-order chi connectivity index (χ1) is 7.89. The van der Waals surface area contributed by atoms with Gasteiger partial charge in [0.15, 0.2) is 0 Å². The normalized spacial score (nSPS) is 19.8. The van der Waals surface area contributed by atoms with Gasteiger partial charge in [0.05, 0.1) is 12.2 Å². The summed E-state index contributed by atoms with van der Waals surface area (Å²) in [6.45, 7) is 10.2. The van der Waals surface area contributed by atoms with Crippen molar-refractivity contribution < 1.29 is 9.53 Å². The molecule has 1 unspecified atom stereocenters. The maximum Gasteiger partial charge on any atom is 0.221 e. The lowest BCUT2D eigenvalue weighted by Gasteiger charge is -2.38. The fourth-order valence-electron chi connectivity index (χ4n) is 2.02. The van der Waals surface area contributed by atoms with Crippen LogP contribution in [0.2, 0.25) is 0 Å². The zero-order valence-corrected chi connectivity index (χ0v) is 13.6. The van der Waals surface area contributed by atoms with Crippen molar-refractivity contribution in [3.63, 3.8) is 0 Å². The molecule has 3 N–H and O–H groups in total. The van der Waals surface area contributed by atoms with E-state index in [1.165, 1.54) is 0 Å². The summed E-state index contributed by atoms with van der Waals surface area (Å²) in [6, 6.07) is -0.0719. The van der Waals surface area contributed by atoms with Crippen molar-refractivity contribution in [3.05, 3.63) is 0 Å². The van der Waals surface area contributed by atoms with Gasteiger partial charge in [-0.1, -0.05) is 0 Å². The van der Waals surface area contributed by atoms with Crippen LogP contribution in [0.3, 0.4) is 0 Å². The summed E-state index contributed by atoms with van der Waals surface area (Å²) in [5, 5.41) is 2.89. The maximum atomic E-state index is 11.4. The Morgan fingerprint density at radius 2 is 2.11 bits per heavy atom. The lowest BCUT2D eigenvalue weighted by Crippen LogP contribution is -2.50. The third kappa shape index (κ3) is 9.46. The lowest BCUT2D eigenvalue weighted by atomic mass is 10.1. The van der Waals surface area contributed by atoms with Gasteiger partial charge >= 0.3 is 0 Å². The number of nitrogens with one attached hydrogen (secondary N) is 1. The Kier molecular flexibility index (Phi) is 10.9. The van der Waals surface area contributed by atoms with E-state index in [9.17, 15) is 4.79 Å². The molecule has 1 amide bonds. The van der Waals surface area contributed by atoms with Gasteiger partial charge in [-0.15, -0.1) is 24.8 Å². The minimum atomic E-state index is -0.0754. The summed E-state index contributed by atoms with van der Waals surface area (Å²) in [7, 11) is 0. The monoisotopic (exact) mass is 315 g/mol. The highest BCUT2D eigenvalue weighted by molar-refractivity contribution is 5.85. The molecule has 0 spiro atoms. The van der Waals surface area contributed by atoms with Gasteiger partial charge in [-0.2, -0.15) is 0 Å². The SMILES string of the molecule is CC(N)CC(=O)NCCN1CCOC(C)(C)C1.Cl.Cl. The first kappa shape index (κ1) is 21.2. The maximum absolute atomic E-state index is 11.4. The average molecular weight is 316 g/mol. The summed E-state index contributed by atoms with van der Waals surface area (Å²) in [5.41, 5.74) is 5.48. The minimum Gasteiger partial charge on any atom is -0.373 e. The van der Waals surface area contributed by atoms with E-state index in [2.05, 4.69) is 24.1 Å². The Hall–Kier alpha value is -0.0700. The number of amides is 1. The van der Waals surface area contributed by atoms with Gasteiger partial charge in [0, 0.05) is 38.6 Å². The highest BCUT2D eigenvalue weighted by Gasteiger charge is 2.26. The van der Waals surface area contributed by atoms with Gasteiger partial charge in [-0.25, -0.2) is 0 Å². The summed E-state index contributed by atoms with van der Waals surface area (Å²) in [4.78, 5) is 13.7. The van der Waals surface area contributed by atoms with E-state index in [0.29, 0.717) is 13.0 Å². The van der Waals surface area contributed by atoms with Crippen LogP contribution < -0.4 is 11.1 Å². The zero-order valence-electron chi connectivity index (χ0n) is 12.0. The van der Waals surface area contributed by atoms with E-state index in [-0.39, 0.29) is 42.4 Å². The predicted octanol–water partition coefficient (Wildman–Crippen LogP) is 0.794. The lowest BCUT2D eigenvalue weighted by molar-refractivity contribution is -0.121. The quantitative estimate of drug-likeness (QED) is 0.787. The van der Waals surface area contributed by atoms with E-state index in [4.69, 9.17) is 10.5 Å². The second-order valence-corrected chi connectivity index (χ2v) is 5.42. The molecule has 5 nitrogen and oxygen atoms in total. The van der Waals surface area contributed by atoms with Crippen molar-refractivity contribution in [3.8, 4) is 0 Å². The minimum absolute atomic E-state index is 0. The Balaban J connectivity index is 0. The summed E-state index contributed by atoms with van der Waals surface area (Å²) < 4.78 is 5.63. The number of nitrogens with two attached hydrogens (primary N) is 1. The standard InChI is InChI=1S/C12H25N3O2.2ClH/c1-10(13)8-11(16)14-4-5-15-6-7-17-12(2,3)9-15;;/h10H,4-9,13H2,1-3H3,(H,14,16);2*1H. The number of hydrogen-bond acceptors (Lipinski definition) is 4. The van der Waals surface area contributed by atoms with Gasteiger partial charge < -0.3 is 15.8 Å². The van der Waals surface area contributed by atoms with E-state index in [1.807, 2.05) is 6.92 Å². The number of carbonyl (C=O) groups is 1. The fraction of sp³-hybridized carbons (Fsp3) is 0.917. The van der Waals surface area contributed by atoms with Gasteiger partial charge in [0.1, 0.15) is 0 Å². The van der Waals surface area contributed by atoms with Crippen molar-refractivity contribution in [1.29, 1.82) is 0 Å². The predicted molar refractivity (Wildman–Crippen MR) is 82.2 cm³/mol. The summed E-state index contributed by atoms with van der Waals surface area (Å²) in [6.07, 6.45) is 0.397. The van der Waals surface area contributed by atoms with Crippen LogP contribution >= 0.6 is 24.8 Å².